The number of esters is 1. The van der Waals surface area contributed by atoms with Crippen LogP contribution < -0.4 is 10.5 Å². The highest BCUT2D eigenvalue weighted by Crippen LogP contribution is 2.18. The van der Waals surface area contributed by atoms with E-state index in [0.29, 0.717) is 6.42 Å². The van der Waals surface area contributed by atoms with Gasteiger partial charge in [-0.2, -0.15) is 0 Å². The van der Waals surface area contributed by atoms with Crippen molar-refractivity contribution in [3.63, 3.8) is 0 Å². The molecular weight excluding hydrogens is 287 g/mol. The topological polar surface area (TPSA) is 98.5 Å². The molecule has 6 nitrogen and oxygen atoms in total. The molecule has 0 spiro atoms. The molecule has 0 aliphatic heterocycles. The highest BCUT2D eigenvalue weighted by molar-refractivity contribution is 7.89. The minimum Gasteiger partial charge on any atom is -0.465 e. The molecule has 1 aromatic rings. The van der Waals surface area contributed by atoms with E-state index in [0.717, 1.165) is 25.3 Å². The molecule has 1 aromatic carbocycles. The summed E-state index contributed by atoms with van der Waals surface area (Å²) < 4.78 is 44.1. The normalized spacial score (nSPS) is 13.0. The van der Waals surface area contributed by atoms with Gasteiger partial charge in [-0.05, 0) is 31.5 Å². The number of hydrogen-bond donors (Lipinski definition) is 2. The van der Waals surface area contributed by atoms with Gasteiger partial charge in [-0.25, -0.2) is 22.3 Å². The molecule has 0 aliphatic rings. The van der Waals surface area contributed by atoms with Crippen LogP contribution in [0, 0.1) is 5.82 Å². The third-order valence-electron chi connectivity index (χ3n) is 2.53. The molecule has 0 saturated carbocycles. The Hall–Kier alpha value is -1.51. The van der Waals surface area contributed by atoms with Crippen LogP contribution in [0.3, 0.4) is 0 Å². The minimum atomic E-state index is -3.93. The summed E-state index contributed by atoms with van der Waals surface area (Å²) in [6.07, 6.45) is 0.438. The summed E-state index contributed by atoms with van der Waals surface area (Å²) in [7, 11) is -2.84. The van der Waals surface area contributed by atoms with Crippen molar-refractivity contribution < 1.29 is 22.3 Å². The first-order valence-corrected chi connectivity index (χ1v) is 7.39. The van der Waals surface area contributed by atoms with E-state index in [-0.39, 0.29) is 23.0 Å². The number of ether oxygens (including phenoxy) is 1. The molecule has 8 heteroatoms. The van der Waals surface area contributed by atoms with Gasteiger partial charge in [-0.3, -0.25) is 0 Å². The zero-order valence-electron chi connectivity index (χ0n) is 11.2. The largest absolute Gasteiger partial charge is 0.465 e. The van der Waals surface area contributed by atoms with Gasteiger partial charge in [-0.15, -0.1) is 0 Å². The second kappa shape index (κ2) is 6.78. The fourth-order valence-corrected chi connectivity index (χ4v) is 2.73. The van der Waals surface area contributed by atoms with Gasteiger partial charge in [0.15, 0.2) is 0 Å². The maximum atomic E-state index is 13.2. The smallest absolute Gasteiger partial charge is 0.339 e. The Labute approximate surface area is 117 Å². The van der Waals surface area contributed by atoms with E-state index >= 15 is 0 Å². The molecule has 1 rings (SSSR count). The SMILES string of the molecule is COC(=O)c1cc(F)ccc1S(=O)(=O)NCCC(C)N. The van der Waals surface area contributed by atoms with Gasteiger partial charge in [0.25, 0.3) is 0 Å². The lowest BCUT2D eigenvalue weighted by Crippen LogP contribution is -2.30. The summed E-state index contributed by atoms with van der Waals surface area (Å²) in [4.78, 5) is 11.2. The first kappa shape index (κ1) is 16.5. The van der Waals surface area contributed by atoms with Crippen molar-refractivity contribution in [2.75, 3.05) is 13.7 Å². The third kappa shape index (κ3) is 4.26. The van der Waals surface area contributed by atoms with Crippen LogP contribution >= 0.6 is 0 Å². The summed E-state index contributed by atoms with van der Waals surface area (Å²) in [5.41, 5.74) is 5.17. The lowest BCUT2D eigenvalue weighted by atomic mass is 10.2. The van der Waals surface area contributed by atoms with Crippen LogP contribution in [0.1, 0.15) is 23.7 Å². The summed E-state index contributed by atoms with van der Waals surface area (Å²) in [6.45, 7) is 1.87. The van der Waals surface area contributed by atoms with Crippen LogP contribution in [-0.4, -0.2) is 34.1 Å². The molecule has 0 fully saturated rings. The number of carbonyl (C=O) groups excluding carboxylic acids is 1. The Morgan fingerprint density at radius 2 is 2.15 bits per heavy atom. The maximum absolute atomic E-state index is 13.2. The minimum absolute atomic E-state index is 0.123. The molecule has 0 amide bonds. The molecule has 20 heavy (non-hydrogen) atoms. The fraction of sp³-hybridized carbons (Fsp3) is 0.417. The van der Waals surface area contributed by atoms with E-state index in [2.05, 4.69) is 9.46 Å². The molecule has 0 heterocycles. The number of sulfonamides is 1. The predicted molar refractivity (Wildman–Crippen MR) is 71.2 cm³/mol. The fourth-order valence-electron chi connectivity index (χ4n) is 1.50. The zero-order chi connectivity index (χ0) is 15.3. The number of nitrogens with one attached hydrogen (secondary N) is 1. The Morgan fingerprint density at radius 3 is 2.70 bits per heavy atom. The first-order valence-electron chi connectivity index (χ1n) is 5.91. The van der Waals surface area contributed by atoms with Gasteiger partial charge < -0.3 is 10.5 Å². The Bertz CT molecular complexity index is 587. The van der Waals surface area contributed by atoms with Gasteiger partial charge in [0.1, 0.15) is 5.82 Å². The quantitative estimate of drug-likeness (QED) is 0.751. The van der Waals surface area contributed by atoms with E-state index < -0.39 is 21.8 Å². The van der Waals surface area contributed by atoms with E-state index in [1.807, 2.05) is 0 Å². The van der Waals surface area contributed by atoms with Crippen LogP contribution in [0.5, 0.6) is 0 Å². The van der Waals surface area contributed by atoms with Crippen molar-refractivity contribution in [1.29, 1.82) is 0 Å². The Kier molecular flexibility index (Phi) is 5.61. The monoisotopic (exact) mass is 304 g/mol. The summed E-state index contributed by atoms with van der Waals surface area (Å²) in [5.74, 6) is -1.64. The summed E-state index contributed by atoms with van der Waals surface area (Å²) in [5, 5.41) is 0. The number of rotatable bonds is 6. The molecule has 0 bridgehead atoms. The highest BCUT2D eigenvalue weighted by atomic mass is 32.2. The highest BCUT2D eigenvalue weighted by Gasteiger charge is 2.23. The van der Waals surface area contributed by atoms with Crippen molar-refractivity contribution >= 4 is 16.0 Å². The number of carbonyl (C=O) groups is 1. The standard InChI is InChI=1S/C12H17FN2O4S/c1-8(14)5-6-15-20(17,18)11-4-3-9(13)7-10(11)12(16)19-2/h3-4,7-8,15H,5-6,14H2,1-2H3. The molecule has 1 atom stereocenters. The molecule has 0 saturated heterocycles. The molecule has 0 aromatic heterocycles. The Morgan fingerprint density at radius 1 is 1.50 bits per heavy atom. The Balaban J connectivity index is 3.08. The van der Waals surface area contributed by atoms with Crippen molar-refractivity contribution in [3.8, 4) is 0 Å². The lowest BCUT2D eigenvalue weighted by molar-refractivity contribution is 0.0595. The lowest BCUT2D eigenvalue weighted by Gasteiger charge is -2.11. The molecule has 112 valence electrons. The average molecular weight is 304 g/mol. The maximum Gasteiger partial charge on any atom is 0.339 e. The molecule has 3 N–H and O–H groups in total. The number of benzene rings is 1. The number of nitrogens with two attached hydrogens (primary N) is 1. The average Bonchev–Trinajstić information content (AvgIpc) is 2.36. The van der Waals surface area contributed by atoms with Gasteiger partial charge >= 0.3 is 5.97 Å². The van der Waals surface area contributed by atoms with E-state index in [1.54, 1.807) is 6.92 Å². The summed E-state index contributed by atoms with van der Waals surface area (Å²) in [6, 6.07) is 2.65. The van der Waals surface area contributed by atoms with Crippen LogP contribution in [0.4, 0.5) is 4.39 Å². The number of hydrogen-bond acceptors (Lipinski definition) is 5. The van der Waals surface area contributed by atoms with Gasteiger partial charge in [0, 0.05) is 12.6 Å². The van der Waals surface area contributed by atoms with Gasteiger partial charge in [-0.1, -0.05) is 0 Å². The van der Waals surface area contributed by atoms with Gasteiger partial charge in [0.2, 0.25) is 10.0 Å². The zero-order valence-corrected chi connectivity index (χ0v) is 12.0. The number of methoxy groups -OCH3 is 1. The van der Waals surface area contributed by atoms with E-state index in [4.69, 9.17) is 5.73 Å². The van der Waals surface area contributed by atoms with E-state index in [9.17, 15) is 17.6 Å². The van der Waals surface area contributed by atoms with Crippen LogP contribution in [0.2, 0.25) is 0 Å². The first-order chi connectivity index (χ1) is 9.27. The third-order valence-corrected chi connectivity index (χ3v) is 4.05. The predicted octanol–water partition coefficient (Wildman–Crippen LogP) is 0.628. The van der Waals surface area contributed by atoms with Crippen molar-refractivity contribution in [2.24, 2.45) is 5.73 Å². The van der Waals surface area contributed by atoms with E-state index in [1.165, 1.54) is 0 Å². The van der Waals surface area contributed by atoms with Crippen LogP contribution in [0.15, 0.2) is 23.1 Å². The summed E-state index contributed by atoms with van der Waals surface area (Å²) >= 11 is 0. The molecule has 1 unspecified atom stereocenters. The molecule has 0 aliphatic carbocycles. The van der Waals surface area contributed by atoms with Crippen LogP contribution in [0.25, 0.3) is 0 Å². The van der Waals surface area contributed by atoms with Gasteiger partial charge in [0.05, 0.1) is 17.6 Å². The van der Waals surface area contributed by atoms with Crippen molar-refractivity contribution in [3.05, 3.63) is 29.6 Å². The second-order valence-electron chi connectivity index (χ2n) is 4.30. The van der Waals surface area contributed by atoms with Crippen LogP contribution in [-0.2, 0) is 14.8 Å². The molecular formula is C12H17FN2O4S. The second-order valence-corrected chi connectivity index (χ2v) is 6.03. The molecule has 0 radical (unpaired) electrons. The van der Waals surface area contributed by atoms with Crippen molar-refractivity contribution in [2.45, 2.75) is 24.3 Å². The van der Waals surface area contributed by atoms with Crippen molar-refractivity contribution in [1.82, 2.24) is 4.72 Å². The number of halogens is 1.